The average molecular weight is 923 g/mol. The van der Waals surface area contributed by atoms with Crippen molar-refractivity contribution in [3.05, 3.63) is 106 Å². The van der Waals surface area contributed by atoms with E-state index in [0.717, 1.165) is 75.6 Å². The molecule has 4 heterocycles. The van der Waals surface area contributed by atoms with E-state index in [1.165, 1.54) is 20.1 Å². The Labute approximate surface area is 392 Å². The van der Waals surface area contributed by atoms with Gasteiger partial charge in [-0.05, 0) is 97.5 Å². The number of nitrogens with one attached hydrogen (secondary N) is 4. The van der Waals surface area contributed by atoms with Crippen LogP contribution in [0.2, 0.25) is 0 Å². The van der Waals surface area contributed by atoms with Crippen LogP contribution in [0, 0.1) is 11.3 Å². The normalized spacial score (nSPS) is 15.6. The summed E-state index contributed by atoms with van der Waals surface area (Å²) < 4.78 is 25.7. The van der Waals surface area contributed by atoms with Gasteiger partial charge in [-0.3, -0.25) is 19.2 Å². The van der Waals surface area contributed by atoms with Crippen molar-refractivity contribution in [3.8, 4) is 29.1 Å². The molecule has 2 amide bonds. The maximum Gasteiger partial charge on any atom is 0.310 e. The second-order valence-corrected chi connectivity index (χ2v) is 19.5. The van der Waals surface area contributed by atoms with E-state index in [0.29, 0.717) is 39.9 Å². The number of nitrogens with zero attached hydrogens (tertiary/aromatic N) is 2. The number of esters is 2. The molecule has 2 saturated carbocycles. The molecule has 10 rings (SSSR count). The van der Waals surface area contributed by atoms with Gasteiger partial charge in [-0.2, -0.15) is 5.26 Å². The standard InChI is InChI=1S/C24H25N3O4.C24H23N3O3.C4H6O3/c1-23(2,3)21-17(12-25-29)16-11-15(5-6-18(16)27-21)26-22(28)24(8-9-24)14-4-7-19-20(10-14)31-13-30-19;1-23(2,3)21-17(12-25)16-11-15(5-6-18(16)27-21)26-22(28)24(8-9-24)14-4-7-19-20(10-14)30-13-29-19;1-3(5)7-4(2)6/h4-7,10-12,27,29H,8-9,13H2,1-3H3,(H,26,28);4-7,10-11,27H,8-9,13H2,1-3H3,(H,26,28);1-2H3/b25-12-;;. The van der Waals surface area contributed by atoms with Gasteiger partial charge < -0.3 is 49.5 Å². The largest absolute Gasteiger partial charge is 0.454 e. The lowest BCUT2D eigenvalue weighted by Gasteiger charge is -2.17. The van der Waals surface area contributed by atoms with Gasteiger partial charge in [0.2, 0.25) is 25.4 Å². The minimum atomic E-state index is -0.562. The molecule has 68 heavy (non-hydrogen) atoms. The fourth-order valence-corrected chi connectivity index (χ4v) is 8.66. The van der Waals surface area contributed by atoms with Crippen LogP contribution in [0.1, 0.15) is 115 Å². The lowest BCUT2D eigenvalue weighted by atomic mass is 9.89. The van der Waals surface area contributed by atoms with Crippen molar-refractivity contribution < 1.29 is 48.1 Å². The third-order valence-electron chi connectivity index (χ3n) is 12.5. The van der Waals surface area contributed by atoms with Crippen molar-refractivity contribution in [2.75, 3.05) is 24.2 Å². The zero-order valence-electron chi connectivity index (χ0n) is 39.3. The minimum Gasteiger partial charge on any atom is -0.454 e. The number of benzene rings is 4. The molecule has 2 aliphatic heterocycles. The van der Waals surface area contributed by atoms with Gasteiger partial charge in [0, 0.05) is 74.8 Å². The van der Waals surface area contributed by atoms with Crippen LogP contribution in [0.4, 0.5) is 11.4 Å². The molecule has 352 valence electrons. The molecule has 2 aromatic heterocycles. The summed E-state index contributed by atoms with van der Waals surface area (Å²) in [6.45, 7) is 15.3. The SMILES string of the molecule is CC(=O)OC(C)=O.CC(C)(C)c1[nH]c2ccc(NC(=O)C3(c4ccc5c(c4)OCO5)CC3)cc2c1/C=N\O.CC(C)(C)c1[nH]c2ccc(NC(=O)C3(c4ccc5c(c4)OCO5)CC3)cc2c1C#N. The molecule has 0 radical (unpaired) electrons. The van der Waals surface area contributed by atoms with E-state index in [2.05, 4.69) is 78.1 Å². The Balaban J connectivity index is 0.000000162. The van der Waals surface area contributed by atoms with Crippen molar-refractivity contribution in [2.45, 2.75) is 103 Å². The van der Waals surface area contributed by atoms with E-state index in [4.69, 9.17) is 18.9 Å². The molecule has 0 saturated heterocycles. The number of rotatable bonds is 7. The number of H-pyrrole nitrogens is 2. The molecule has 0 unspecified atom stereocenters. The van der Waals surface area contributed by atoms with E-state index >= 15 is 0 Å². The van der Waals surface area contributed by atoms with Gasteiger partial charge in [0.05, 0.1) is 22.6 Å². The molecule has 6 aromatic rings. The number of amides is 2. The summed E-state index contributed by atoms with van der Waals surface area (Å²) in [6, 6.07) is 25.2. The predicted octanol–water partition coefficient (Wildman–Crippen LogP) is 9.50. The summed E-state index contributed by atoms with van der Waals surface area (Å²) in [5, 5.41) is 30.0. The molecule has 2 aliphatic carbocycles. The Kier molecular flexibility index (Phi) is 12.2. The van der Waals surface area contributed by atoms with Crippen molar-refractivity contribution >= 4 is 63.1 Å². The second-order valence-electron chi connectivity index (χ2n) is 19.5. The highest BCUT2D eigenvalue weighted by Crippen LogP contribution is 2.52. The van der Waals surface area contributed by atoms with Gasteiger partial charge in [0.1, 0.15) is 6.07 Å². The van der Waals surface area contributed by atoms with E-state index in [-0.39, 0.29) is 36.2 Å². The highest BCUT2D eigenvalue weighted by Gasteiger charge is 2.52. The van der Waals surface area contributed by atoms with E-state index < -0.39 is 22.8 Å². The number of carbonyl (C=O) groups excluding carboxylic acids is 4. The van der Waals surface area contributed by atoms with Crippen molar-refractivity contribution in [1.82, 2.24) is 9.97 Å². The first-order chi connectivity index (χ1) is 32.3. The summed E-state index contributed by atoms with van der Waals surface area (Å²) in [7, 11) is 0. The van der Waals surface area contributed by atoms with Crippen LogP contribution in [0.15, 0.2) is 78.0 Å². The molecular weight excluding hydrogens is 869 g/mol. The zero-order valence-corrected chi connectivity index (χ0v) is 39.3. The van der Waals surface area contributed by atoms with E-state index in [1.54, 1.807) is 0 Å². The van der Waals surface area contributed by atoms with Crippen LogP contribution in [-0.2, 0) is 45.6 Å². The quantitative estimate of drug-likeness (QED) is 0.0333. The Bertz CT molecular complexity index is 3050. The average Bonchev–Trinajstić information content (AvgIpc) is 4.04. The van der Waals surface area contributed by atoms with Crippen LogP contribution in [0.5, 0.6) is 23.0 Å². The summed E-state index contributed by atoms with van der Waals surface area (Å²) in [4.78, 5) is 52.9. The number of nitriles is 1. The minimum absolute atomic E-state index is 0.0327. The maximum absolute atomic E-state index is 13.3. The van der Waals surface area contributed by atoms with Gasteiger partial charge in [-0.1, -0.05) is 58.8 Å². The molecule has 0 spiro atoms. The molecule has 4 aliphatic rings. The number of anilines is 2. The monoisotopic (exact) mass is 922 g/mol. The molecule has 4 aromatic carbocycles. The zero-order chi connectivity index (χ0) is 48.8. The van der Waals surface area contributed by atoms with Gasteiger partial charge in [-0.15, -0.1) is 0 Å². The van der Waals surface area contributed by atoms with E-state index in [9.17, 15) is 29.6 Å². The Hall–Kier alpha value is -7.80. The maximum atomic E-state index is 13.3. The van der Waals surface area contributed by atoms with E-state index in [1.807, 2.05) is 72.8 Å². The molecule has 0 atom stereocenters. The lowest BCUT2D eigenvalue weighted by Crippen LogP contribution is -2.27. The smallest absolute Gasteiger partial charge is 0.310 e. The number of fused-ring (bicyclic) bond motifs is 4. The van der Waals surface area contributed by atoms with Crippen LogP contribution >= 0.6 is 0 Å². The number of carbonyl (C=O) groups is 4. The molecule has 2 fully saturated rings. The Morgan fingerprint density at radius 1 is 0.662 bits per heavy atom. The Morgan fingerprint density at radius 3 is 1.51 bits per heavy atom. The molecule has 16 nitrogen and oxygen atoms in total. The van der Waals surface area contributed by atoms with Gasteiger partial charge in [0.15, 0.2) is 23.0 Å². The summed E-state index contributed by atoms with van der Waals surface area (Å²) in [5.41, 5.74) is 7.02. The number of aromatic nitrogens is 2. The fraction of sp³-hybridized carbons (Fsp3) is 0.346. The number of aromatic amines is 2. The number of hydrogen-bond acceptors (Lipinski definition) is 12. The fourth-order valence-electron chi connectivity index (χ4n) is 8.66. The summed E-state index contributed by atoms with van der Waals surface area (Å²) >= 11 is 0. The molecule has 0 bridgehead atoms. The van der Waals surface area contributed by atoms with Crippen LogP contribution < -0.4 is 29.6 Å². The third-order valence-corrected chi connectivity index (χ3v) is 12.5. The number of oxime groups is 1. The highest BCUT2D eigenvalue weighted by atomic mass is 16.7. The number of ether oxygens (including phenoxy) is 5. The molecular formula is C52H54N6O10. The lowest BCUT2D eigenvalue weighted by molar-refractivity contribution is -0.156. The summed E-state index contributed by atoms with van der Waals surface area (Å²) in [5.74, 6) is 1.61. The van der Waals surface area contributed by atoms with Gasteiger partial charge in [-0.25, -0.2) is 0 Å². The van der Waals surface area contributed by atoms with Crippen LogP contribution in [0.25, 0.3) is 21.8 Å². The highest BCUT2D eigenvalue weighted by molar-refractivity contribution is 6.06. The summed E-state index contributed by atoms with van der Waals surface area (Å²) in [6.07, 6.45) is 4.62. The third kappa shape index (κ3) is 9.29. The predicted molar refractivity (Wildman–Crippen MR) is 255 cm³/mol. The van der Waals surface area contributed by atoms with Crippen molar-refractivity contribution in [2.24, 2.45) is 5.16 Å². The van der Waals surface area contributed by atoms with Crippen LogP contribution in [-0.4, -0.2) is 58.7 Å². The van der Waals surface area contributed by atoms with Crippen molar-refractivity contribution in [3.63, 3.8) is 0 Å². The first-order valence-corrected chi connectivity index (χ1v) is 22.3. The number of hydrogen-bond donors (Lipinski definition) is 5. The van der Waals surface area contributed by atoms with Gasteiger partial charge >= 0.3 is 11.9 Å². The first kappa shape index (κ1) is 46.7. The molecule has 16 heteroatoms. The van der Waals surface area contributed by atoms with Gasteiger partial charge in [0.25, 0.3) is 0 Å². The van der Waals surface area contributed by atoms with Crippen LogP contribution in [0.3, 0.4) is 0 Å². The molecule has 5 N–H and O–H groups in total. The Morgan fingerprint density at radius 2 is 1.10 bits per heavy atom. The van der Waals surface area contributed by atoms with Crippen molar-refractivity contribution in [1.29, 1.82) is 5.26 Å². The first-order valence-electron chi connectivity index (χ1n) is 22.3. The topological polar surface area (TPSA) is 226 Å². The second kappa shape index (κ2) is 17.8.